The quantitative estimate of drug-likeness (QED) is 0.687. The first-order valence-electron chi connectivity index (χ1n) is 6.06. The van der Waals surface area contributed by atoms with Crippen molar-refractivity contribution in [3.63, 3.8) is 0 Å². The van der Waals surface area contributed by atoms with Gasteiger partial charge in [-0.05, 0) is 32.6 Å². The summed E-state index contributed by atoms with van der Waals surface area (Å²) in [4.78, 5) is 12.0. The van der Waals surface area contributed by atoms with Crippen LogP contribution in [0.25, 0.3) is 0 Å². The summed E-state index contributed by atoms with van der Waals surface area (Å²) in [5.74, 6) is 0.136. The van der Waals surface area contributed by atoms with Gasteiger partial charge in [0.05, 0.1) is 11.5 Å². The van der Waals surface area contributed by atoms with Gasteiger partial charge in [-0.25, -0.2) is 0 Å². The lowest BCUT2D eigenvalue weighted by Gasteiger charge is -2.40. The van der Waals surface area contributed by atoms with Crippen LogP contribution in [-0.2, 0) is 9.53 Å². The fourth-order valence-corrected chi connectivity index (χ4v) is 2.07. The molecular weight excluding hydrogens is 206 g/mol. The Kier molecular flexibility index (Phi) is 5.22. The molecule has 2 N–H and O–H groups in total. The molecule has 0 heterocycles. The Morgan fingerprint density at radius 1 is 1.56 bits per heavy atom. The van der Waals surface area contributed by atoms with E-state index >= 15 is 0 Å². The van der Waals surface area contributed by atoms with Crippen LogP contribution in [-0.4, -0.2) is 37.4 Å². The number of hydrogen-bond acceptors (Lipinski definition) is 3. The van der Waals surface area contributed by atoms with Crippen LogP contribution >= 0.6 is 0 Å². The number of ether oxygens (including phenoxy) is 1. The molecule has 1 atom stereocenters. The Morgan fingerprint density at radius 2 is 2.25 bits per heavy atom. The van der Waals surface area contributed by atoms with E-state index in [9.17, 15) is 4.79 Å². The van der Waals surface area contributed by atoms with Gasteiger partial charge in [0.15, 0.2) is 0 Å². The van der Waals surface area contributed by atoms with Gasteiger partial charge < -0.3 is 15.2 Å². The first kappa shape index (κ1) is 13.5. The number of methoxy groups -OCH3 is 1. The van der Waals surface area contributed by atoms with E-state index in [1.165, 1.54) is 0 Å². The second kappa shape index (κ2) is 6.21. The van der Waals surface area contributed by atoms with Crippen molar-refractivity contribution in [3.05, 3.63) is 0 Å². The number of rotatable bonds is 7. The predicted octanol–water partition coefficient (Wildman–Crippen LogP) is 1.08. The van der Waals surface area contributed by atoms with Crippen LogP contribution in [0.15, 0.2) is 0 Å². The number of amides is 1. The minimum atomic E-state index is -0.350. The van der Waals surface area contributed by atoms with Crippen LogP contribution in [0, 0.1) is 5.41 Å². The van der Waals surface area contributed by atoms with Crippen molar-refractivity contribution in [1.29, 1.82) is 0 Å². The smallest absolute Gasteiger partial charge is 0.226 e. The third-order valence-electron chi connectivity index (χ3n) is 3.42. The Morgan fingerprint density at radius 3 is 2.69 bits per heavy atom. The first-order chi connectivity index (χ1) is 7.60. The molecule has 1 aliphatic rings. The molecule has 4 nitrogen and oxygen atoms in total. The summed E-state index contributed by atoms with van der Waals surface area (Å²) in [6.45, 7) is 2.94. The van der Waals surface area contributed by atoms with Crippen molar-refractivity contribution in [2.75, 3.05) is 20.3 Å². The highest BCUT2D eigenvalue weighted by Crippen LogP contribution is 2.44. The van der Waals surface area contributed by atoms with E-state index in [4.69, 9.17) is 9.84 Å². The van der Waals surface area contributed by atoms with Crippen LogP contribution in [0.2, 0.25) is 0 Å². The van der Waals surface area contributed by atoms with E-state index in [1.54, 1.807) is 14.0 Å². The lowest BCUT2D eigenvalue weighted by molar-refractivity contribution is -0.137. The number of nitrogens with one attached hydrogen (secondary N) is 1. The molecule has 0 aromatic carbocycles. The maximum atomic E-state index is 12.0. The Bertz CT molecular complexity index is 224. The first-order valence-corrected chi connectivity index (χ1v) is 6.06. The van der Waals surface area contributed by atoms with Crippen molar-refractivity contribution in [2.24, 2.45) is 5.41 Å². The standard InChI is InChI=1S/C12H23NO3/c1-10(14)4-8-13-11(15)12(5-3-6-12)7-9-16-2/h10,14H,3-9H2,1-2H3,(H,13,15). The zero-order valence-electron chi connectivity index (χ0n) is 10.3. The Balaban J connectivity index is 2.31. The van der Waals surface area contributed by atoms with E-state index in [0.717, 1.165) is 25.7 Å². The summed E-state index contributed by atoms with van der Waals surface area (Å²) in [7, 11) is 1.66. The van der Waals surface area contributed by atoms with E-state index < -0.39 is 0 Å². The van der Waals surface area contributed by atoms with Gasteiger partial charge in [0.25, 0.3) is 0 Å². The lowest BCUT2D eigenvalue weighted by atomic mass is 9.66. The van der Waals surface area contributed by atoms with Crippen LogP contribution in [0.5, 0.6) is 0 Å². The van der Waals surface area contributed by atoms with Crippen molar-refractivity contribution >= 4 is 5.91 Å². The summed E-state index contributed by atoms with van der Waals surface area (Å²) >= 11 is 0. The minimum absolute atomic E-state index is 0.136. The van der Waals surface area contributed by atoms with E-state index in [2.05, 4.69) is 5.32 Å². The summed E-state index contributed by atoms with van der Waals surface area (Å²) < 4.78 is 5.05. The molecule has 1 saturated carbocycles. The SMILES string of the molecule is COCCC1(C(=O)NCCC(C)O)CCC1. The van der Waals surface area contributed by atoms with Gasteiger partial charge in [0.1, 0.15) is 0 Å². The highest BCUT2D eigenvalue weighted by molar-refractivity contribution is 5.83. The van der Waals surface area contributed by atoms with Crippen molar-refractivity contribution in [2.45, 2.75) is 45.1 Å². The number of aliphatic hydroxyl groups is 1. The van der Waals surface area contributed by atoms with Gasteiger partial charge in [0, 0.05) is 20.3 Å². The maximum Gasteiger partial charge on any atom is 0.226 e. The van der Waals surface area contributed by atoms with Crippen molar-refractivity contribution in [1.82, 2.24) is 5.32 Å². The molecule has 1 amide bonds. The average Bonchev–Trinajstić information content (AvgIpc) is 2.15. The molecule has 0 aromatic rings. The molecule has 16 heavy (non-hydrogen) atoms. The molecule has 0 radical (unpaired) electrons. The van der Waals surface area contributed by atoms with Gasteiger partial charge in [-0.2, -0.15) is 0 Å². The predicted molar refractivity (Wildman–Crippen MR) is 62.1 cm³/mol. The minimum Gasteiger partial charge on any atom is -0.393 e. The van der Waals surface area contributed by atoms with Gasteiger partial charge >= 0.3 is 0 Å². The monoisotopic (exact) mass is 229 g/mol. The third-order valence-corrected chi connectivity index (χ3v) is 3.42. The molecule has 1 aliphatic carbocycles. The normalized spacial score (nSPS) is 19.9. The van der Waals surface area contributed by atoms with E-state index in [0.29, 0.717) is 19.6 Å². The topological polar surface area (TPSA) is 58.6 Å². The lowest BCUT2D eigenvalue weighted by Crippen LogP contribution is -2.46. The molecule has 0 aliphatic heterocycles. The van der Waals surface area contributed by atoms with Gasteiger partial charge in [-0.3, -0.25) is 4.79 Å². The molecule has 94 valence electrons. The number of carbonyl (C=O) groups is 1. The molecule has 1 fully saturated rings. The molecule has 4 heteroatoms. The number of carbonyl (C=O) groups excluding carboxylic acids is 1. The zero-order chi connectivity index (χ0) is 12.0. The molecule has 1 rings (SSSR count). The highest BCUT2D eigenvalue weighted by atomic mass is 16.5. The summed E-state index contributed by atoms with van der Waals surface area (Å²) in [6.07, 6.45) is 4.15. The van der Waals surface area contributed by atoms with Gasteiger partial charge in [-0.15, -0.1) is 0 Å². The number of aliphatic hydroxyl groups excluding tert-OH is 1. The Labute approximate surface area is 97.4 Å². The molecular formula is C12H23NO3. The molecule has 0 aromatic heterocycles. The van der Waals surface area contributed by atoms with Crippen molar-refractivity contribution in [3.8, 4) is 0 Å². The van der Waals surface area contributed by atoms with Crippen LogP contribution in [0.4, 0.5) is 0 Å². The highest BCUT2D eigenvalue weighted by Gasteiger charge is 2.43. The van der Waals surface area contributed by atoms with E-state index in [-0.39, 0.29) is 17.4 Å². The second-order valence-electron chi connectivity index (χ2n) is 4.77. The average molecular weight is 229 g/mol. The summed E-state index contributed by atoms with van der Waals surface area (Å²) in [5, 5.41) is 12.0. The maximum absolute atomic E-state index is 12.0. The largest absolute Gasteiger partial charge is 0.393 e. The second-order valence-corrected chi connectivity index (χ2v) is 4.77. The van der Waals surface area contributed by atoms with E-state index in [1.807, 2.05) is 0 Å². The van der Waals surface area contributed by atoms with Gasteiger partial charge in [0.2, 0.25) is 5.91 Å². The molecule has 0 bridgehead atoms. The van der Waals surface area contributed by atoms with Crippen LogP contribution in [0.3, 0.4) is 0 Å². The zero-order valence-corrected chi connectivity index (χ0v) is 10.3. The molecule has 1 unspecified atom stereocenters. The fourth-order valence-electron chi connectivity index (χ4n) is 2.07. The molecule has 0 saturated heterocycles. The number of hydrogen-bond donors (Lipinski definition) is 2. The fraction of sp³-hybridized carbons (Fsp3) is 0.917. The van der Waals surface area contributed by atoms with Crippen LogP contribution < -0.4 is 5.32 Å². The molecule has 0 spiro atoms. The Hall–Kier alpha value is -0.610. The third kappa shape index (κ3) is 3.46. The van der Waals surface area contributed by atoms with Gasteiger partial charge in [-0.1, -0.05) is 6.42 Å². The summed E-state index contributed by atoms with van der Waals surface area (Å²) in [6, 6.07) is 0. The summed E-state index contributed by atoms with van der Waals surface area (Å²) in [5.41, 5.74) is -0.186. The van der Waals surface area contributed by atoms with Crippen LogP contribution in [0.1, 0.15) is 39.0 Å². The van der Waals surface area contributed by atoms with Crippen molar-refractivity contribution < 1.29 is 14.6 Å².